The van der Waals surface area contributed by atoms with Crippen LogP contribution in [0.5, 0.6) is 0 Å². The minimum absolute atomic E-state index is 0.0312. The van der Waals surface area contributed by atoms with Gasteiger partial charge in [0.25, 0.3) is 5.91 Å². The van der Waals surface area contributed by atoms with Gasteiger partial charge in [-0.15, -0.1) is 0 Å². The van der Waals surface area contributed by atoms with Gasteiger partial charge < -0.3 is 14.6 Å². The lowest BCUT2D eigenvalue weighted by atomic mass is 10.1. The van der Waals surface area contributed by atoms with Crippen LogP contribution in [0.2, 0.25) is 0 Å². The quantitative estimate of drug-likeness (QED) is 0.599. The number of para-hydroxylation sites is 1. The number of benzene rings is 1. The fourth-order valence-electron chi connectivity index (χ4n) is 3.89. The van der Waals surface area contributed by atoms with Crippen LogP contribution in [-0.2, 0) is 4.79 Å². The Morgan fingerprint density at radius 1 is 1.09 bits per heavy atom. The lowest BCUT2D eigenvalue weighted by molar-refractivity contribution is -0.123. The second-order valence-electron chi connectivity index (χ2n) is 8.53. The smallest absolute Gasteiger partial charge is 0.257 e. The number of hydrogen-bond donors (Lipinski definition) is 1. The average molecular weight is 450 g/mol. The van der Waals surface area contributed by atoms with Crippen molar-refractivity contribution in [2.24, 2.45) is 0 Å². The number of aryl methyl sites for hydroxylation is 1. The van der Waals surface area contributed by atoms with Crippen LogP contribution in [0.3, 0.4) is 0 Å². The van der Waals surface area contributed by atoms with E-state index in [2.05, 4.69) is 15.3 Å². The molecule has 4 rings (SSSR count). The third-order valence-corrected chi connectivity index (χ3v) is 5.99. The van der Waals surface area contributed by atoms with E-state index in [1.807, 2.05) is 68.1 Å². The van der Waals surface area contributed by atoms with Crippen molar-refractivity contribution in [1.29, 1.82) is 0 Å². The van der Waals surface area contributed by atoms with E-state index in [0.29, 0.717) is 49.7 Å². The molecule has 0 saturated carbocycles. The van der Waals surface area contributed by atoms with Crippen molar-refractivity contribution in [2.75, 3.05) is 32.7 Å². The Labute approximate surface area is 194 Å². The first kappa shape index (κ1) is 22.8. The minimum atomic E-state index is -0.0788. The predicted molar refractivity (Wildman–Crippen MR) is 126 cm³/mol. The minimum Gasteiger partial charge on any atom is -0.460 e. The number of rotatable bonds is 7. The van der Waals surface area contributed by atoms with E-state index in [0.717, 1.165) is 17.9 Å². The molecule has 1 aliphatic rings. The van der Waals surface area contributed by atoms with Gasteiger partial charge in [0.1, 0.15) is 11.5 Å². The van der Waals surface area contributed by atoms with Crippen molar-refractivity contribution in [3.05, 3.63) is 60.0 Å². The highest BCUT2D eigenvalue weighted by Crippen LogP contribution is 2.27. The summed E-state index contributed by atoms with van der Waals surface area (Å²) in [4.78, 5) is 29.6. The number of carbonyl (C=O) groups is 2. The normalized spacial score (nSPS) is 15.4. The number of piperazine rings is 1. The molecule has 2 aromatic heterocycles. The molecule has 0 spiro atoms. The molecule has 1 aromatic carbocycles. The Hall–Kier alpha value is -3.39. The molecule has 0 radical (unpaired) electrons. The molecular weight excluding hydrogens is 418 g/mol. The summed E-state index contributed by atoms with van der Waals surface area (Å²) >= 11 is 0. The van der Waals surface area contributed by atoms with Gasteiger partial charge in [0.2, 0.25) is 5.91 Å². The molecule has 1 unspecified atom stereocenters. The average Bonchev–Trinajstić information content (AvgIpc) is 3.46. The summed E-state index contributed by atoms with van der Waals surface area (Å²) in [7, 11) is 0. The Balaban J connectivity index is 1.49. The zero-order valence-corrected chi connectivity index (χ0v) is 19.5. The van der Waals surface area contributed by atoms with E-state index < -0.39 is 0 Å². The third-order valence-electron chi connectivity index (χ3n) is 5.99. The van der Waals surface area contributed by atoms with E-state index in [1.54, 1.807) is 10.9 Å². The van der Waals surface area contributed by atoms with Crippen molar-refractivity contribution in [2.45, 2.75) is 33.2 Å². The van der Waals surface area contributed by atoms with Gasteiger partial charge in [0.15, 0.2) is 5.76 Å². The summed E-state index contributed by atoms with van der Waals surface area (Å²) in [5.41, 5.74) is 1.92. The molecule has 1 fully saturated rings. The van der Waals surface area contributed by atoms with Crippen LogP contribution >= 0.6 is 0 Å². The van der Waals surface area contributed by atoms with Crippen molar-refractivity contribution in [3.63, 3.8) is 0 Å². The monoisotopic (exact) mass is 449 g/mol. The number of aromatic nitrogens is 2. The summed E-state index contributed by atoms with van der Waals surface area (Å²) in [6.45, 7) is 8.70. The Morgan fingerprint density at radius 2 is 1.82 bits per heavy atom. The number of nitrogens with one attached hydrogen (secondary N) is 1. The topological polar surface area (TPSA) is 83.6 Å². The van der Waals surface area contributed by atoms with Crippen LogP contribution in [0.1, 0.15) is 36.4 Å². The van der Waals surface area contributed by atoms with Crippen LogP contribution in [0.4, 0.5) is 0 Å². The zero-order valence-electron chi connectivity index (χ0n) is 19.5. The van der Waals surface area contributed by atoms with Crippen LogP contribution in [-0.4, -0.2) is 70.2 Å². The summed E-state index contributed by atoms with van der Waals surface area (Å²) in [6.07, 6.45) is 2.68. The largest absolute Gasteiger partial charge is 0.460 e. The Morgan fingerprint density at radius 3 is 2.45 bits per heavy atom. The molecule has 174 valence electrons. The highest BCUT2D eigenvalue weighted by Gasteiger charge is 2.28. The first-order chi connectivity index (χ1) is 15.9. The number of amides is 2. The van der Waals surface area contributed by atoms with Crippen molar-refractivity contribution in [1.82, 2.24) is 24.9 Å². The van der Waals surface area contributed by atoms with Gasteiger partial charge in [-0.1, -0.05) is 25.1 Å². The van der Waals surface area contributed by atoms with Crippen LogP contribution in [0.25, 0.3) is 17.1 Å². The highest BCUT2D eigenvalue weighted by atomic mass is 16.3. The molecule has 3 heterocycles. The third kappa shape index (κ3) is 5.34. The van der Waals surface area contributed by atoms with Gasteiger partial charge in [-0.3, -0.25) is 14.5 Å². The molecule has 1 aliphatic heterocycles. The highest BCUT2D eigenvalue weighted by molar-refractivity contribution is 5.99. The van der Waals surface area contributed by atoms with E-state index in [9.17, 15) is 9.59 Å². The van der Waals surface area contributed by atoms with Gasteiger partial charge in [-0.05, 0) is 44.5 Å². The lowest BCUT2D eigenvalue weighted by Gasteiger charge is -2.34. The van der Waals surface area contributed by atoms with E-state index >= 15 is 0 Å². The number of hydrogen-bond acceptors (Lipinski definition) is 5. The molecule has 1 atom stereocenters. The van der Waals surface area contributed by atoms with Gasteiger partial charge in [-0.25, -0.2) is 4.68 Å². The van der Waals surface area contributed by atoms with Crippen molar-refractivity contribution in [3.8, 4) is 17.1 Å². The molecular formula is C25H31N5O3. The van der Waals surface area contributed by atoms with Crippen LogP contribution < -0.4 is 5.32 Å². The van der Waals surface area contributed by atoms with Gasteiger partial charge in [-0.2, -0.15) is 5.10 Å². The molecule has 3 aromatic rings. The molecule has 2 amide bonds. The summed E-state index contributed by atoms with van der Waals surface area (Å²) in [5, 5.41) is 7.68. The van der Waals surface area contributed by atoms with Crippen molar-refractivity contribution >= 4 is 11.8 Å². The fraction of sp³-hybridized carbons (Fsp3) is 0.400. The summed E-state index contributed by atoms with van der Waals surface area (Å²) in [6, 6.07) is 13.6. The van der Waals surface area contributed by atoms with Crippen LogP contribution in [0, 0.1) is 6.92 Å². The molecule has 0 bridgehead atoms. The summed E-state index contributed by atoms with van der Waals surface area (Å²) in [5.74, 6) is 1.29. The summed E-state index contributed by atoms with van der Waals surface area (Å²) < 4.78 is 7.52. The molecule has 33 heavy (non-hydrogen) atoms. The van der Waals surface area contributed by atoms with E-state index in [-0.39, 0.29) is 17.9 Å². The standard InChI is InChI=1S/C25H31N5O3/c1-4-18(2)26-23(31)17-28-12-14-29(15-13-28)25(32)21-16-30(20-8-6-5-7-9-20)27-24(21)22-11-10-19(3)33-22/h5-11,16,18H,4,12-15,17H2,1-3H3,(H,26,31). The van der Waals surface area contributed by atoms with Crippen LogP contribution in [0.15, 0.2) is 53.1 Å². The maximum atomic E-state index is 13.5. The zero-order chi connectivity index (χ0) is 23.4. The Bertz CT molecular complexity index is 1100. The number of carbonyl (C=O) groups excluding carboxylic acids is 2. The predicted octanol–water partition coefficient (Wildman–Crippen LogP) is 3.11. The second-order valence-corrected chi connectivity index (χ2v) is 8.53. The molecule has 0 aliphatic carbocycles. The van der Waals surface area contributed by atoms with E-state index in [4.69, 9.17) is 4.42 Å². The lowest BCUT2D eigenvalue weighted by Crippen LogP contribution is -2.51. The molecule has 8 heteroatoms. The number of nitrogens with zero attached hydrogens (tertiary/aromatic N) is 4. The first-order valence-electron chi connectivity index (χ1n) is 11.5. The maximum Gasteiger partial charge on any atom is 0.257 e. The first-order valence-corrected chi connectivity index (χ1v) is 11.5. The SMILES string of the molecule is CCC(C)NC(=O)CN1CCN(C(=O)c2cn(-c3ccccc3)nc2-c2ccc(C)o2)CC1. The van der Waals surface area contributed by atoms with Gasteiger partial charge in [0, 0.05) is 38.4 Å². The second kappa shape index (κ2) is 10.0. The van der Waals surface area contributed by atoms with Crippen molar-refractivity contribution < 1.29 is 14.0 Å². The van der Waals surface area contributed by atoms with Gasteiger partial charge in [0.05, 0.1) is 17.8 Å². The number of furan rings is 1. The molecule has 1 N–H and O–H groups in total. The van der Waals surface area contributed by atoms with Gasteiger partial charge >= 0.3 is 0 Å². The van der Waals surface area contributed by atoms with E-state index in [1.165, 1.54) is 0 Å². The maximum absolute atomic E-state index is 13.5. The fourth-order valence-corrected chi connectivity index (χ4v) is 3.89. The Kier molecular flexibility index (Phi) is 6.93. The molecule has 1 saturated heterocycles. The molecule has 8 nitrogen and oxygen atoms in total.